The van der Waals surface area contributed by atoms with Crippen molar-refractivity contribution >= 4 is 23.7 Å². The van der Waals surface area contributed by atoms with Crippen molar-refractivity contribution in [3.63, 3.8) is 0 Å². The van der Waals surface area contributed by atoms with Crippen LogP contribution in [0.25, 0.3) is 0 Å². The summed E-state index contributed by atoms with van der Waals surface area (Å²) in [5.74, 6) is 1.55. The van der Waals surface area contributed by atoms with Crippen LogP contribution in [0.1, 0.15) is 25.0 Å². The van der Waals surface area contributed by atoms with Gasteiger partial charge in [0, 0.05) is 0 Å². The van der Waals surface area contributed by atoms with Crippen molar-refractivity contribution in [1.29, 1.82) is 0 Å². The number of hydrogen-bond acceptors (Lipinski definition) is 5. The highest BCUT2D eigenvalue weighted by Gasteiger charge is 2.11. The lowest BCUT2D eigenvalue weighted by Crippen LogP contribution is -2.19. The summed E-state index contributed by atoms with van der Waals surface area (Å²) in [6.45, 7) is 4.87. The van der Waals surface area contributed by atoms with Gasteiger partial charge in [-0.2, -0.15) is 5.10 Å². The largest absolute Gasteiger partial charge is 0.494 e. The highest BCUT2D eigenvalue weighted by atomic mass is 35.5. The summed E-state index contributed by atoms with van der Waals surface area (Å²) in [7, 11) is 1.54. The molecule has 0 heterocycles. The summed E-state index contributed by atoms with van der Waals surface area (Å²) in [4.78, 5) is 12.0. The van der Waals surface area contributed by atoms with Crippen molar-refractivity contribution < 1.29 is 19.0 Å². The molecule has 0 radical (unpaired) electrons. The molecule has 2 aromatic rings. The van der Waals surface area contributed by atoms with Crippen LogP contribution in [-0.4, -0.2) is 32.4 Å². The normalized spacial score (nSPS) is 10.7. The minimum atomic E-state index is -0.223. The number of hydrazone groups is 1. The second-order valence-electron chi connectivity index (χ2n) is 5.51. The molecule has 6 nitrogen and oxygen atoms in total. The Hall–Kier alpha value is -2.73. The van der Waals surface area contributed by atoms with E-state index >= 15 is 0 Å². The Morgan fingerprint density at radius 3 is 2.48 bits per heavy atom. The van der Waals surface area contributed by atoms with Crippen molar-refractivity contribution in [1.82, 2.24) is 5.43 Å². The van der Waals surface area contributed by atoms with Crippen LogP contribution >= 0.6 is 11.6 Å². The Morgan fingerprint density at radius 1 is 1.15 bits per heavy atom. The summed E-state index contributed by atoms with van der Waals surface area (Å²) in [6.07, 6.45) is 1.72. The van der Waals surface area contributed by atoms with Gasteiger partial charge in [-0.15, -0.1) is 0 Å². The molecule has 2 rings (SSSR count). The van der Waals surface area contributed by atoms with Crippen molar-refractivity contribution in [2.75, 3.05) is 20.3 Å². The lowest BCUT2D eigenvalue weighted by molar-refractivity contribution is -0.120. The molecule has 0 aliphatic heterocycles. The first-order valence-corrected chi connectivity index (χ1v) is 8.99. The summed E-state index contributed by atoms with van der Waals surface area (Å²) in [6, 6.07) is 10.8. The number of nitrogens with one attached hydrogen (secondary N) is 1. The van der Waals surface area contributed by atoms with Gasteiger partial charge in [-0.05, 0) is 49.2 Å². The van der Waals surface area contributed by atoms with Gasteiger partial charge in [0.05, 0.1) is 38.0 Å². The lowest BCUT2D eigenvalue weighted by Gasteiger charge is -2.11. The molecule has 0 bridgehead atoms. The molecule has 27 heavy (non-hydrogen) atoms. The molecule has 7 heteroatoms. The highest BCUT2D eigenvalue weighted by Crippen LogP contribution is 2.35. The Bertz CT molecular complexity index is 791. The molecule has 0 aromatic heterocycles. The first kappa shape index (κ1) is 20.6. The molecule has 0 fully saturated rings. The quantitative estimate of drug-likeness (QED) is 0.521. The maximum absolute atomic E-state index is 12.0. The lowest BCUT2D eigenvalue weighted by atomic mass is 10.1. The molecule has 144 valence electrons. The minimum Gasteiger partial charge on any atom is -0.494 e. The summed E-state index contributed by atoms with van der Waals surface area (Å²) < 4.78 is 16.1. The SMILES string of the molecule is CCOc1ccc(CC(=O)N/N=C\c2cc(Cl)c(OCC)c(OC)c2)cc1. The zero-order valence-electron chi connectivity index (χ0n) is 15.6. The van der Waals surface area contributed by atoms with Crippen molar-refractivity contribution in [3.8, 4) is 17.2 Å². The van der Waals surface area contributed by atoms with Gasteiger partial charge in [0.1, 0.15) is 5.75 Å². The number of ether oxygens (including phenoxy) is 3. The van der Waals surface area contributed by atoms with E-state index in [2.05, 4.69) is 10.5 Å². The second-order valence-corrected chi connectivity index (χ2v) is 5.92. The van der Waals surface area contributed by atoms with Gasteiger partial charge >= 0.3 is 0 Å². The van der Waals surface area contributed by atoms with E-state index in [9.17, 15) is 4.79 Å². The highest BCUT2D eigenvalue weighted by molar-refractivity contribution is 6.32. The number of methoxy groups -OCH3 is 1. The Balaban J connectivity index is 1.96. The number of hydrogen-bond donors (Lipinski definition) is 1. The number of amides is 1. The van der Waals surface area contributed by atoms with E-state index in [-0.39, 0.29) is 12.3 Å². The van der Waals surface area contributed by atoms with Gasteiger partial charge in [-0.1, -0.05) is 23.7 Å². The number of rotatable bonds is 9. The third-order valence-corrected chi connectivity index (χ3v) is 3.82. The van der Waals surface area contributed by atoms with E-state index in [4.69, 9.17) is 25.8 Å². The molecule has 0 saturated carbocycles. The number of carbonyl (C=O) groups is 1. The van der Waals surface area contributed by atoms with Crippen molar-refractivity contribution in [2.24, 2.45) is 5.10 Å². The van der Waals surface area contributed by atoms with Gasteiger partial charge in [0.15, 0.2) is 11.5 Å². The third-order valence-electron chi connectivity index (χ3n) is 3.54. The van der Waals surface area contributed by atoms with Crippen LogP contribution in [0.2, 0.25) is 5.02 Å². The second kappa shape index (κ2) is 10.4. The molecule has 2 aromatic carbocycles. The number of benzene rings is 2. The van der Waals surface area contributed by atoms with E-state index in [0.717, 1.165) is 11.3 Å². The standard InChI is InChI=1S/C20H23ClN2O4/c1-4-26-16-8-6-14(7-9-16)12-19(24)23-22-13-15-10-17(21)20(27-5-2)18(11-15)25-3/h6-11,13H,4-5,12H2,1-3H3,(H,23,24)/b22-13-. The van der Waals surface area contributed by atoms with E-state index < -0.39 is 0 Å². The molecule has 0 saturated heterocycles. The van der Waals surface area contributed by atoms with E-state index in [1.54, 1.807) is 12.1 Å². The smallest absolute Gasteiger partial charge is 0.244 e. The molecule has 0 aliphatic rings. The number of nitrogens with zero attached hydrogens (tertiary/aromatic N) is 1. The van der Waals surface area contributed by atoms with Crippen LogP contribution < -0.4 is 19.6 Å². The summed E-state index contributed by atoms with van der Waals surface area (Å²) >= 11 is 6.21. The van der Waals surface area contributed by atoms with Crippen LogP contribution in [0.3, 0.4) is 0 Å². The predicted molar refractivity (Wildman–Crippen MR) is 106 cm³/mol. The average Bonchev–Trinajstić information content (AvgIpc) is 2.65. The maximum atomic E-state index is 12.0. The van der Waals surface area contributed by atoms with E-state index in [1.165, 1.54) is 13.3 Å². The first-order valence-electron chi connectivity index (χ1n) is 8.61. The Morgan fingerprint density at radius 2 is 1.85 bits per heavy atom. The third kappa shape index (κ3) is 6.18. The molecule has 0 atom stereocenters. The van der Waals surface area contributed by atoms with Gasteiger partial charge in [-0.25, -0.2) is 5.43 Å². The predicted octanol–water partition coefficient (Wildman–Crippen LogP) is 3.84. The monoisotopic (exact) mass is 390 g/mol. The van der Waals surface area contributed by atoms with Crippen molar-refractivity contribution in [3.05, 3.63) is 52.5 Å². The maximum Gasteiger partial charge on any atom is 0.244 e. The first-order chi connectivity index (χ1) is 13.1. The van der Waals surface area contributed by atoms with Gasteiger partial charge < -0.3 is 14.2 Å². The fraction of sp³-hybridized carbons (Fsp3) is 0.300. The van der Waals surface area contributed by atoms with Crippen LogP contribution in [0.15, 0.2) is 41.5 Å². The zero-order valence-corrected chi connectivity index (χ0v) is 16.4. The van der Waals surface area contributed by atoms with Crippen LogP contribution in [0.4, 0.5) is 0 Å². The zero-order chi connectivity index (χ0) is 19.6. The molecule has 0 aliphatic carbocycles. The van der Waals surface area contributed by atoms with Crippen LogP contribution in [0, 0.1) is 0 Å². The van der Waals surface area contributed by atoms with E-state index in [0.29, 0.717) is 35.3 Å². The van der Waals surface area contributed by atoms with Crippen LogP contribution in [0.5, 0.6) is 17.2 Å². The average molecular weight is 391 g/mol. The van der Waals surface area contributed by atoms with Gasteiger partial charge in [0.25, 0.3) is 0 Å². The molecule has 1 amide bonds. The fourth-order valence-electron chi connectivity index (χ4n) is 2.37. The molecular formula is C20H23ClN2O4. The Kier molecular flexibility index (Phi) is 7.95. The fourth-order valence-corrected chi connectivity index (χ4v) is 2.65. The molecular weight excluding hydrogens is 368 g/mol. The minimum absolute atomic E-state index is 0.219. The summed E-state index contributed by atoms with van der Waals surface area (Å²) in [5, 5.41) is 4.39. The molecule has 0 unspecified atom stereocenters. The van der Waals surface area contributed by atoms with E-state index in [1.807, 2.05) is 38.1 Å². The van der Waals surface area contributed by atoms with Gasteiger partial charge in [0.2, 0.25) is 5.91 Å². The number of carbonyl (C=O) groups excluding carboxylic acids is 1. The molecule has 0 spiro atoms. The van der Waals surface area contributed by atoms with Crippen LogP contribution in [-0.2, 0) is 11.2 Å². The van der Waals surface area contributed by atoms with Crippen molar-refractivity contribution in [2.45, 2.75) is 20.3 Å². The summed E-state index contributed by atoms with van der Waals surface area (Å²) in [5.41, 5.74) is 4.05. The molecule has 1 N–H and O–H groups in total. The topological polar surface area (TPSA) is 69.2 Å². The Labute approximate surface area is 164 Å². The van der Waals surface area contributed by atoms with Gasteiger partial charge in [-0.3, -0.25) is 4.79 Å². The number of halogens is 1.